The van der Waals surface area contributed by atoms with Gasteiger partial charge in [-0.15, -0.1) is 5.10 Å². The Morgan fingerprint density at radius 2 is 2.11 bits per heavy atom. The summed E-state index contributed by atoms with van der Waals surface area (Å²) in [5.74, 6) is 1.98. The predicted molar refractivity (Wildman–Crippen MR) is 102 cm³/mol. The number of amides is 2. The Bertz CT molecular complexity index is 963. The maximum Gasteiger partial charge on any atom is 0.323 e. The van der Waals surface area contributed by atoms with E-state index in [0.717, 1.165) is 22.6 Å². The number of anilines is 1. The molecule has 7 nitrogen and oxygen atoms in total. The van der Waals surface area contributed by atoms with Crippen LogP contribution >= 0.6 is 0 Å². The number of benzene rings is 1. The maximum atomic E-state index is 12.9. The van der Waals surface area contributed by atoms with Gasteiger partial charge in [0.15, 0.2) is 5.82 Å². The monoisotopic (exact) mass is 366 g/mol. The number of rotatable bonds is 2. The molecule has 3 aromatic rings. The van der Waals surface area contributed by atoms with E-state index in [9.17, 15) is 4.79 Å². The fourth-order valence-corrected chi connectivity index (χ4v) is 3.27. The van der Waals surface area contributed by atoms with E-state index < -0.39 is 5.60 Å². The number of nitrogens with one attached hydrogen (secondary N) is 1. The van der Waals surface area contributed by atoms with Crippen molar-refractivity contribution < 1.29 is 14.3 Å². The smallest absolute Gasteiger partial charge is 0.323 e. The number of aromatic nitrogens is 2. The fourth-order valence-electron chi connectivity index (χ4n) is 3.27. The molecule has 7 heteroatoms. The average molecular weight is 366 g/mol. The summed E-state index contributed by atoms with van der Waals surface area (Å²) in [6.45, 7) is 4.82. The summed E-state index contributed by atoms with van der Waals surface area (Å²) in [5, 5.41) is 7.28. The Hall–Kier alpha value is -3.22. The van der Waals surface area contributed by atoms with Crippen LogP contribution in [0.15, 0.2) is 48.7 Å². The molecular formula is C20H22N4O3. The molecule has 0 saturated heterocycles. The summed E-state index contributed by atoms with van der Waals surface area (Å²) in [6.07, 6.45) is 1.84. The van der Waals surface area contributed by atoms with Gasteiger partial charge in [0.1, 0.15) is 17.1 Å². The normalized spacial score (nSPS) is 15.6. The first-order valence-corrected chi connectivity index (χ1v) is 8.80. The highest BCUT2D eigenvalue weighted by molar-refractivity contribution is 5.89. The fraction of sp³-hybridized carbons (Fsp3) is 0.300. The second kappa shape index (κ2) is 6.50. The van der Waals surface area contributed by atoms with Crippen LogP contribution in [0, 0.1) is 0 Å². The Morgan fingerprint density at radius 3 is 2.89 bits per heavy atom. The molecule has 27 heavy (non-hydrogen) atoms. The SMILES string of the molecule is COc1ccc2c(c1)OC(C)(C)CN(C(=O)Nc1cc3ccccn3n1)C2. The minimum Gasteiger partial charge on any atom is -0.497 e. The molecule has 140 valence electrons. The number of urea groups is 1. The van der Waals surface area contributed by atoms with Crippen molar-refractivity contribution in [2.75, 3.05) is 19.0 Å². The van der Waals surface area contributed by atoms with Crippen LogP contribution < -0.4 is 14.8 Å². The van der Waals surface area contributed by atoms with E-state index in [1.54, 1.807) is 16.5 Å². The molecule has 1 aromatic carbocycles. The number of pyridine rings is 1. The van der Waals surface area contributed by atoms with Crippen molar-refractivity contribution >= 4 is 17.4 Å². The van der Waals surface area contributed by atoms with E-state index in [4.69, 9.17) is 9.47 Å². The van der Waals surface area contributed by atoms with Crippen LogP contribution in [0.4, 0.5) is 10.6 Å². The molecule has 0 saturated carbocycles. The largest absolute Gasteiger partial charge is 0.497 e. The molecule has 0 spiro atoms. The molecule has 0 fully saturated rings. The molecule has 0 radical (unpaired) electrons. The average Bonchev–Trinajstić information content (AvgIpc) is 2.97. The first-order valence-electron chi connectivity index (χ1n) is 8.80. The van der Waals surface area contributed by atoms with Gasteiger partial charge in [0.2, 0.25) is 0 Å². The van der Waals surface area contributed by atoms with E-state index in [-0.39, 0.29) is 6.03 Å². The summed E-state index contributed by atoms with van der Waals surface area (Å²) in [5.41, 5.74) is 1.32. The third kappa shape index (κ3) is 3.53. The minimum absolute atomic E-state index is 0.209. The van der Waals surface area contributed by atoms with Crippen LogP contribution in [0.1, 0.15) is 19.4 Å². The Labute approximate surface area is 157 Å². The molecule has 0 aliphatic carbocycles. The highest BCUT2D eigenvalue weighted by atomic mass is 16.5. The topological polar surface area (TPSA) is 68.1 Å². The van der Waals surface area contributed by atoms with Gasteiger partial charge in [-0.05, 0) is 38.1 Å². The van der Waals surface area contributed by atoms with Gasteiger partial charge >= 0.3 is 6.03 Å². The summed E-state index contributed by atoms with van der Waals surface area (Å²) >= 11 is 0. The van der Waals surface area contributed by atoms with Crippen molar-refractivity contribution in [1.29, 1.82) is 0 Å². The van der Waals surface area contributed by atoms with Crippen molar-refractivity contribution in [2.45, 2.75) is 26.0 Å². The Kier molecular flexibility index (Phi) is 4.14. The zero-order valence-electron chi connectivity index (χ0n) is 15.6. The first kappa shape index (κ1) is 17.2. The number of carbonyl (C=O) groups excluding carboxylic acids is 1. The van der Waals surface area contributed by atoms with Crippen molar-refractivity contribution in [3.8, 4) is 11.5 Å². The summed E-state index contributed by atoms with van der Waals surface area (Å²) < 4.78 is 13.2. The number of fused-ring (bicyclic) bond motifs is 2. The second-order valence-electron chi connectivity index (χ2n) is 7.22. The number of ether oxygens (including phenoxy) is 2. The second-order valence-corrected chi connectivity index (χ2v) is 7.22. The lowest BCUT2D eigenvalue weighted by atomic mass is 10.1. The maximum absolute atomic E-state index is 12.9. The Balaban J connectivity index is 1.58. The van der Waals surface area contributed by atoms with Crippen LogP contribution in [0.5, 0.6) is 11.5 Å². The third-order valence-corrected chi connectivity index (χ3v) is 4.49. The van der Waals surface area contributed by atoms with E-state index >= 15 is 0 Å². The molecule has 4 rings (SSSR count). The van der Waals surface area contributed by atoms with Gasteiger partial charge in [-0.3, -0.25) is 5.32 Å². The summed E-state index contributed by atoms with van der Waals surface area (Å²) in [7, 11) is 1.62. The number of hydrogen-bond acceptors (Lipinski definition) is 4. The number of nitrogens with zero attached hydrogens (tertiary/aromatic N) is 3. The lowest BCUT2D eigenvalue weighted by Crippen LogP contribution is -2.44. The molecule has 1 N–H and O–H groups in total. The molecule has 1 aliphatic rings. The minimum atomic E-state index is -0.534. The van der Waals surface area contributed by atoms with Crippen molar-refractivity contribution in [3.05, 3.63) is 54.2 Å². The molecule has 1 aliphatic heterocycles. The van der Waals surface area contributed by atoms with Gasteiger partial charge in [0.25, 0.3) is 0 Å². The van der Waals surface area contributed by atoms with Gasteiger partial charge in [0, 0.05) is 23.9 Å². The molecule has 2 aromatic heterocycles. The third-order valence-electron chi connectivity index (χ3n) is 4.49. The molecule has 0 unspecified atom stereocenters. The quantitative estimate of drug-likeness (QED) is 0.753. The molecule has 3 heterocycles. The van der Waals surface area contributed by atoms with E-state index in [2.05, 4.69) is 10.4 Å². The van der Waals surface area contributed by atoms with Crippen LogP contribution in [0.2, 0.25) is 0 Å². The van der Waals surface area contributed by atoms with Crippen LogP contribution in [0.3, 0.4) is 0 Å². The molecule has 0 atom stereocenters. The van der Waals surface area contributed by atoms with Gasteiger partial charge < -0.3 is 14.4 Å². The zero-order valence-corrected chi connectivity index (χ0v) is 15.6. The Morgan fingerprint density at radius 1 is 1.26 bits per heavy atom. The van der Waals surface area contributed by atoms with Crippen LogP contribution in [-0.4, -0.2) is 39.8 Å². The summed E-state index contributed by atoms with van der Waals surface area (Å²) in [6, 6.07) is 13.1. The van der Waals surface area contributed by atoms with Gasteiger partial charge in [-0.1, -0.05) is 6.07 Å². The van der Waals surface area contributed by atoms with Gasteiger partial charge in [-0.2, -0.15) is 0 Å². The molecule has 2 amide bonds. The number of methoxy groups -OCH3 is 1. The zero-order chi connectivity index (χ0) is 19.0. The van der Waals surface area contributed by atoms with E-state index in [1.165, 1.54) is 0 Å². The molecule has 0 bridgehead atoms. The van der Waals surface area contributed by atoms with Crippen LogP contribution in [0.25, 0.3) is 5.52 Å². The standard InChI is InChI=1S/C20H22N4O3/c1-20(2)13-23(12-14-7-8-16(26-3)11-17(14)27-20)19(25)21-18-10-15-6-4-5-9-24(15)22-18/h4-11H,12-13H2,1-3H3,(H,21,22,25). The van der Waals surface area contributed by atoms with Gasteiger partial charge in [-0.25, -0.2) is 9.31 Å². The van der Waals surface area contributed by atoms with E-state index in [0.29, 0.717) is 18.9 Å². The first-order chi connectivity index (χ1) is 12.9. The van der Waals surface area contributed by atoms with Crippen molar-refractivity contribution in [2.24, 2.45) is 0 Å². The number of hydrogen-bond donors (Lipinski definition) is 1. The van der Waals surface area contributed by atoms with Crippen LogP contribution in [-0.2, 0) is 6.54 Å². The lowest BCUT2D eigenvalue weighted by molar-refractivity contribution is 0.0833. The van der Waals surface area contributed by atoms with Crippen molar-refractivity contribution in [1.82, 2.24) is 14.5 Å². The van der Waals surface area contributed by atoms with Gasteiger partial charge in [0.05, 0.1) is 25.7 Å². The summed E-state index contributed by atoms with van der Waals surface area (Å²) in [4.78, 5) is 14.6. The highest BCUT2D eigenvalue weighted by Crippen LogP contribution is 2.32. The van der Waals surface area contributed by atoms with E-state index in [1.807, 2.05) is 62.5 Å². The predicted octanol–water partition coefficient (Wildman–Crippen LogP) is 3.55. The highest BCUT2D eigenvalue weighted by Gasteiger charge is 2.32. The number of carbonyl (C=O) groups is 1. The molecular weight excluding hydrogens is 344 g/mol. The lowest BCUT2D eigenvalue weighted by Gasteiger charge is -2.29. The van der Waals surface area contributed by atoms with Crippen molar-refractivity contribution in [3.63, 3.8) is 0 Å².